The van der Waals surface area contributed by atoms with Gasteiger partial charge in [-0.25, -0.2) is 22.7 Å². The normalized spacial score (nSPS) is 18.5. The molecule has 2 aromatic heterocycles. The number of hydrogen-bond acceptors (Lipinski definition) is 7. The van der Waals surface area contributed by atoms with Crippen LogP contribution in [0.5, 0.6) is 0 Å². The molecule has 0 unspecified atom stereocenters. The number of halogens is 3. The van der Waals surface area contributed by atoms with Gasteiger partial charge in [0.05, 0.1) is 23.7 Å². The minimum Gasteiger partial charge on any atom is -0.381 e. The second kappa shape index (κ2) is 11.0. The summed E-state index contributed by atoms with van der Waals surface area (Å²) < 4.78 is 75.5. The van der Waals surface area contributed by atoms with Crippen LogP contribution in [0, 0.1) is 0 Å². The van der Waals surface area contributed by atoms with Crippen molar-refractivity contribution in [1.29, 1.82) is 0 Å². The fourth-order valence-electron chi connectivity index (χ4n) is 4.83. The van der Waals surface area contributed by atoms with Crippen LogP contribution in [-0.2, 0) is 26.7 Å². The SMILES string of the molecule is O=S(=O)(Cc1ccccc1)N1CCC(Nc2ncc(C(F)(F)F)c(-c3cnn(C4CCOCC4)c3)n2)CC1. The summed E-state index contributed by atoms with van der Waals surface area (Å²) >= 11 is 0. The summed E-state index contributed by atoms with van der Waals surface area (Å²) in [5, 5.41) is 7.40. The Morgan fingerprint density at radius 1 is 1.03 bits per heavy atom. The first kappa shape index (κ1) is 26.6. The van der Waals surface area contributed by atoms with Gasteiger partial charge in [-0.2, -0.15) is 18.3 Å². The third-order valence-electron chi connectivity index (χ3n) is 6.91. The molecule has 2 aliphatic rings. The molecule has 204 valence electrons. The lowest BCUT2D eigenvalue weighted by molar-refractivity contribution is -0.137. The van der Waals surface area contributed by atoms with Crippen molar-refractivity contribution in [3.63, 3.8) is 0 Å². The third kappa shape index (κ3) is 6.16. The van der Waals surface area contributed by atoms with E-state index in [9.17, 15) is 21.6 Å². The first-order valence-electron chi connectivity index (χ1n) is 12.5. The Labute approximate surface area is 219 Å². The summed E-state index contributed by atoms with van der Waals surface area (Å²) in [5.74, 6) is -0.00352. The van der Waals surface area contributed by atoms with Gasteiger partial charge in [-0.15, -0.1) is 0 Å². The maximum atomic E-state index is 13.8. The number of nitrogens with zero attached hydrogens (tertiary/aromatic N) is 5. The predicted octanol–water partition coefficient (Wildman–Crippen LogP) is 4.12. The highest BCUT2D eigenvalue weighted by molar-refractivity contribution is 7.88. The molecule has 2 fully saturated rings. The molecule has 2 saturated heterocycles. The largest absolute Gasteiger partial charge is 0.419 e. The highest BCUT2D eigenvalue weighted by atomic mass is 32.2. The Balaban J connectivity index is 1.28. The fourth-order valence-corrected chi connectivity index (χ4v) is 6.39. The van der Waals surface area contributed by atoms with Crippen LogP contribution >= 0.6 is 0 Å². The first-order valence-corrected chi connectivity index (χ1v) is 14.1. The minimum atomic E-state index is -4.63. The second-order valence-corrected chi connectivity index (χ2v) is 11.5. The Kier molecular flexibility index (Phi) is 7.68. The smallest absolute Gasteiger partial charge is 0.381 e. The summed E-state index contributed by atoms with van der Waals surface area (Å²) in [4.78, 5) is 8.16. The summed E-state index contributed by atoms with van der Waals surface area (Å²) in [7, 11) is -3.47. The maximum absolute atomic E-state index is 13.8. The molecule has 0 spiro atoms. The van der Waals surface area contributed by atoms with Crippen molar-refractivity contribution in [2.75, 3.05) is 31.6 Å². The molecule has 5 rings (SSSR count). The summed E-state index contributed by atoms with van der Waals surface area (Å²) in [6, 6.07) is 8.88. The van der Waals surface area contributed by atoms with Crippen LogP contribution in [0.25, 0.3) is 11.3 Å². The average Bonchev–Trinajstić information content (AvgIpc) is 3.40. The van der Waals surface area contributed by atoms with Crippen LogP contribution in [0.3, 0.4) is 0 Å². The van der Waals surface area contributed by atoms with E-state index >= 15 is 0 Å². The zero-order valence-corrected chi connectivity index (χ0v) is 21.5. The Morgan fingerprint density at radius 3 is 2.42 bits per heavy atom. The molecule has 0 amide bonds. The molecule has 38 heavy (non-hydrogen) atoms. The highest BCUT2D eigenvalue weighted by Gasteiger charge is 2.36. The van der Waals surface area contributed by atoms with Crippen molar-refractivity contribution < 1.29 is 26.3 Å². The molecule has 1 N–H and O–H groups in total. The molecule has 2 aliphatic heterocycles. The van der Waals surface area contributed by atoms with Crippen LogP contribution < -0.4 is 5.32 Å². The van der Waals surface area contributed by atoms with Gasteiger partial charge < -0.3 is 10.1 Å². The van der Waals surface area contributed by atoms with E-state index in [2.05, 4.69) is 20.4 Å². The molecule has 0 bridgehead atoms. The number of nitrogens with one attached hydrogen (secondary N) is 1. The van der Waals surface area contributed by atoms with Gasteiger partial charge in [0.15, 0.2) is 0 Å². The number of anilines is 1. The van der Waals surface area contributed by atoms with E-state index in [1.165, 1.54) is 10.5 Å². The Bertz CT molecular complexity index is 1340. The van der Waals surface area contributed by atoms with Crippen LogP contribution in [0.15, 0.2) is 48.9 Å². The van der Waals surface area contributed by atoms with Gasteiger partial charge in [0.2, 0.25) is 16.0 Å². The van der Waals surface area contributed by atoms with Crippen LogP contribution in [0.1, 0.15) is 42.9 Å². The standard InChI is InChI=1S/C25H29F3N6O3S/c26-25(27,28)22-15-29-24(32-23(22)19-14-30-34(16-19)21-8-12-37-13-9-21)31-20-6-10-33(11-7-20)38(35,36)17-18-4-2-1-3-5-18/h1-5,14-16,20-21H,6-13,17H2,(H,29,31,32). The van der Waals surface area contributed by atoms with Crippen LogP contribution in [0.2, 0.25) is 0 Å². The van der Waals surface area contributed by atoms with Crippen molar-refractivity contribution in [1.82, 2.24) is 24.1 Å². The van der Waals surface area contributed by atoms with E-state index in [0.717, 1.165) is 24.6 Å². The van der Waals surface area contributed by atoms with E-state index in [1.807, 2.05) is 6.07 Å². The molecule has 1 aromatic carbocycles. The first-order chi connectivity index (χ1) is 18.2. The topological polar surface area (TPSA) is 102 Å². The lowest BCUT2D eigenvalue weighted by Crippen LogP contribution is -2.43. The number of piperidine rings is 1. The quantitative estimate of drug-likeness (QED) is 0.472. The van der Waals surface area contributed by atoms with Crippen LogP contribution in [-0.4, -0.2) is 64.8 Å². The lowest BCUT2D eigenvalue weighted by Gasteiger charge is -2.31. The van der Waals surface area contributed by atoms with E-state index in [1.54, 1.807) is 35.1 Å². The summed E-state index contributed by atoms with van der Waals surface area (Å²) in [5.41, 5.74) is -0.192. The lowest BCUT2D eigenvalue weighted by atomic mass is 10.1. The maximum Gasteiger partial charge on any atom is 0.419 e. The molecular formula is C25H29F3N6O3S. The molecule has 9 nitrogen and oxygen atoms in total. The van der Waals surface area contributed by atoms with Gasteiger partial charge in [0, 0.05) is 50.3 Å². The van der Waals surface area contributed by atoms with Gasteiger partial charge in [-0.05, 0) is 31.2 Å². The van der Waals surface area contributed by atoms with Crippen molar-refractivity contribution in [2.45, 2.75) is 49.7 Å². The second-order valence-electron chi connectivity index (χ2n) is 9.57. The number of alkyl halides is 3. The number of rotatable bonds is 7. The molecule has 0 aliphatic carbocycles. The van der Waals surface area contributed by atoms with E-state index in [0.29, 0.717) is 39.1 Å². The Morgan fingerprint density at radius 2 is 1.74 bits per heavy atom. The van der Waals surface area contributed by atoms with Crippen molar-refractivity contribution in [3.8, 4) is 11.3 Å². The van der Waals surface area contributed by atoms with E-state index < -0.39 is 21.8 Å². The number of hydrogen-bond donors (Lipinski definition) is 1. The van der Waals surface area contributed by atoms with Gasteiger partial charge in [-0.1, -0.05) is 30.3 Å². The zero-order chi connectivity index (χ0) is 26.8. The summed E-state index contributed by atoms with van der Waals surface area (Å²) in [6.07, 6.45) is 1.58. The molecule has 13 heteroatoms. The minimum absolute atomic E-state index is 0.0645. The number of benzene rings is 1. The van der Waals surface area contributed by atoms with Gasteiger partial charge in [0.1, 0.15) is 5.56 Å². The highest BCUT2D eigenvalue weighted by Crippen LogP contribution is 2.36. The average molecular weight is 551 g/mol. The van der Waals surface area contributed by atoms with Gasteiger partial charge in [0.25, 0.3) is 0 Å². The van der Waals surface area contributed by atoms with E-state index in [-0.39, 0.29) is 35.0 Å². The number of aromatic nitrogens is 4. The fraction of sp³-hybridized carbons (Fsp3) is 0.480. The summed E-state index contributed by atoms with van der Waals surface area (Å²) in [6.45, 7) is 1.78. The van der Waals surface area contributed by atoms with E-state index in [4.69, 9.17) is 4.74 Å². The van der Waals surface area contributed by atoms with Crippen molar-refractivity contribution in [3.05, 3.63) is 60.0 Å². The molecule has 4 heterocycles. The zero-order valence-electron chi connectivity index (χ0n) is 20.6. The van der Waals surface area contributed by atoms with Gasteiger partial charge >= 0.3 is 6.18 Å². The van der Waals surface area contributed by atoms with Crippen molar-refractivity contribution >= 4 is 16.0 Å². The molecule has 0 atom stereocenters. The predicted molar refractivity (Wildman–Crippen MR) is 135 cm³/mol. The number of sulfonamides is 1. The molecule has 3 aromatic rings. The molecule has 0 saturated carbocycles. The number of ether oxygens (including phenoxy) is 1. The van der Waals surface area contributed by atoms with Gasteiger partial charge in [-0.3, -0.25) is 4.68 Å². The Hall–Kier alpha value is -3.03. The molecule has 0 radical (unpaired) electrons. The monoisotopic (exact) mass is 550 g/mol. The van der Waals surface area contributed by atoms with Crippen molar-refractivity contribution in [2.24, 2.45) is 0 Å². The molecular weight excluding hydrogens is 521 g/mol. The third-order valence-corrected chi connectivity index (χ3v) is 8.76. The van der Waals surface area contributed by atoms with Crippen LogP contribution in [0.4, 0.5) is 19.1 Å².